The highest BCUT2D eigenvalue weighted by molar-refractivity contribution is 6.35. The van der Waals surface area contributed by atoms with Crippen LogP contribution in [0.3, 0.4) is 0 Å². The summed E-state index contributed by atoms with van der Waals surface area (Å²) in [5, 5.41) is 1.09. The Labute approximate surface area is 129 Å². The summed E-state index contributed by atoms with van der Waals surface area (Å²) in [6.07, 6.45) is 1.20. The average molecular weight is 320 g/mol. The Morgan fingerprint density at radius 2 is 2.05 bits per heavy atom. The van der Waals surface area contributed by atoms with E-state index in [-0.39, 0.29) is 5.97 Å². The van der Waals surface area contributed by atoms with Gasteiger partial charge < -0.3 is 14.4 Å². The number of ether oxygens (including phenoxy) is 2. The fourth-order valence-corrected chi connectivity index (χ4v) is 2.07. The smallest absolute Gasteiger partial charge is 0.305 e. The predicted octanol–water partition coefficient (Wildman–Crippen LogP) is 3.26. The number of likely N-dealkylation sites (N-methyl/N-ethyl adjacent to an activating group) is 1. The monoisotopic (exact) mass is 319 g/mol. The molecule has 0 aliphatic rings. The van der Waals surface area contributed by atoms with Crippen molar-refractivity contribution in [3.8, 4) is 5.75 Å². The average Bonchev–Trinajstić information content (AvgIpc) is 2.41. The molecule has 0 saturated carbocycles. The number of halogens is 2. The Balaban J connectivity index is 2.21. The number of methoxy groups -OCH3 is 1. The summed E-state index contributed by atoms with van der Waals surface area (Å²) in [5.41, 5.74) is 0. The largest absolute Gasteiger partial charge is 0.491 e. The molecule has 0 heterocycles. The topological polar surface area (TPSA) is 38.8 Å². The highest BCUT2D eigenvalue weighted by atomic mass is 35.5. The number of carbonyl (C=O) groups is 1. The summed E-state index contributed by atoms with van der Waals surface area (Å²) in [4.78, 5) is 13.1. The molecule has 0 amide bonds. The van der Waals surface area contributed by atoms with Gasteiger partial charge in [0.1, 0.15) is 12.4 Å². The van der Waals surface area contributed by atoms with Crippen molar-refractivity contribution in [1.29, 1.82) is 0 Å². The van der Waals surface area contributed by atoms with Crippen molar-refractivity contribution in [1.82, 2.24) is 4.90 Å². The fourth-order valence-electron chi connectivity index (χ4n) is 1.61. The van der Waals surface area contributed by atoms with Crippen LogP contribution in [0.4, 0.5) is 0 Å². The van der Waals surface area contributed by atoms with E-state index >= 15 is 0 Å². The second kappa shape index (κ2) is 9.06. The minimum absolute atomic E-state index is 0.178. The van der Waals surface area contributed by atoms with Crippen LogP contribution in [0, 0.1) is 0 Å². The van der Waals surface area contributed by atoms with Crippen molar-refractivity contribution in [2.45, 2.75) is 12.8 Å². The first kappa shape index (κ1) is 17.1. The summed E-state index contributed by atoms with van der Waals surface area (Å²) < 4.78 is 10.2. The minimum atomic E-state index is -0.178. The highest BCUT2D eigenvalue weighted by Crippen LogP contribution is 2.27. The highest BCUT2D eigenvalue weighted by Gasteiger charge is 2.05. The van der Waals surface area contributed by atoms with Gasteiger partial charge in [-0.05, 0) is 38.2 Å². The number of carbonyl (C=O) groups excluding carboxylic acids is 1. The lowest BCUT2D eigenvalue weighted by Crippen LogP contribution is -2.25. The second-order valence-corrected chi connectivity index (χ2v) is 5.25. The molecule has 0 unspecified atom stereocenters. The molecule has 0 aliphatic heterocycles. The zero-order valence-electron chi connectivity index (χ0n) is 11.7. The summed E-state index contributed by atoms with van der Waals surface area (Å²) in [7, 11) is 3.37. The Morgan fingerprint density at radius 1 is 1.30 bits per heavy atom. The zero-order valence-corrected chi connectivity index (χ0v) is 13.2. The molecule has 0 radical (unpaired) electrons. The van der Waals surface area contributed by atoms with Crippen molar-refractivity contribution in [3.05, 3.63) is 28.2 Å². The molecule has 0 N–H and O–H groups in total. The maximum atomic E-state index is 11.0. The lowest BCUT2D eigenvalue weighted by molar-refractivity contribution is -0.140. The summed E-state index contributed by atoms with van der Waals surface area (Å²) in [6.45, 7) is 2.09. The van der Waals surface area contributed by atoms with Crippen molar-refractivity contribution >= 4 is 29.2 Å². The van der Waals surface area contributed by atoms with Crippen LogP contribution in [-0.4, -0.2) is 44.7 Å². The van der Waals surface area contributed by atoms with Gasteiger partial charge >= 0.3 is 5.97 Å². The van der Waals surface area contributed by atoms with Gasteiger partial charge in [0.15, 0.2) is 0 Å². The van der Waals surface area contributed by atoms with Crippen LogP contribution in [0.5, 0.6) is 5.75 Å². The lowest BCUT2D eigenvalue weighted by Gasteiger charge is -2.17. The van der Waals surface area contributed by atoms with E-state index in [2.05, 4.69) is 9.64 Å². The number of hydrogen-bond donors (Lipinski definition) is 0. The van der Waals surface area contributed by atoms with Gasteiger partial charge in [-0.3, -0.25) is 4.79 Å². The van der Waals surface area contributed by atoms with Gasteiger partial charge in [-0.2, -0.15) is 0 Å². The van der Waals surface area contributed by atoms with E-state index in [0.29, 0.717) is 28.8 Å². The third-order valence-electron chi connectivity index (χ3n) is 2.77. The van der Waals surface area contributed by atoms with E-state index in [1.807, 2.05) is 7.05 Å². The molecule has 20 heavy (non-hydrogen) atoms. The summed E-state index contributed by atoms with van der Waals surface area (Å²) in [6, 6.07) is 5.14. The normalized spacial score (nSPS) is 10.7. The third-order valence-corrected chi connectivity index (χ3v) is 3.30. The SMILES string of the molecule is COC(=O)CCCN(C)CCOc1ccc(Cl)cc1Cl. The first-order chi connectivity index (χ1) is 9.52. The lowest BCUT2D eigenvalue weighted by atomic mass is 10.3. The number of hydrogen-bond acceptors (Lipinski definition) is 4. The van der Waals surface area contributed by atoms with E-state index in [9.17, 15) is 4.79 Å². The maximum absolute atomic E-state index is 11.0. The summed E-state index contributed by atoms with van der Waals surface area (Å²) in [5.74, 6) is 0.446. The quantitative estimate of drug-likeness (QED) is 0.689. The zero-order chi connectivity index (χ0) is 15.0. The van der Waals surface area contributed by atoms with Gasteiger partial charge in [-0.15, -0.1) is 0 Å². The molecule has 0 atom stereocenters. The number of benzene rings is 1. The van der Waals surface area contributed by atoms with E-state index < -0.39 is 0 Å². The van der Waals surface area contributed by atoms with E-state index in [1.54, 1.807) is 18.2 Å². The van der Waals surface area contributed by atoms with Crippen LogP contribution < -0.4 is 4.74 Å². The molecule has 112 valence electrons. The van der Waals surface area contributed by atoms with Crippen molar-refractivity contribution in [2.24, 2.45) is 0 Å². The first-order valence-electron chi connectivity index (χ1n) is 6.36. The van der Waals surface area contributed by atoms with Crippen molar-refractivity contribution in [2.75, 3.05) is 33.9 Å². The van der Waals surface area contributed by atoms with E-state index in [0.717, 1.165) is 19.5 Å². The Kier molecular flexibility index (Phi) is 7.73. The van der Waals surface area contributed by atoms with Gasteiger partial charge in [0, 0.05) is 18.0 Å². The molecule has 1 aromatic carbocycles. The van der Waals surface area contributed by atoms with Crippen LogP contribution in [0.1, 0.15) is 12.8 Å². The van der Waals surface area contributed by atoms with Gasteiger partial charge in [-0.25, -0.2) is 0 Å². The molecule has 0 fully saturated rings. The van der Waals surface area contributed by atoms with Crippen LogP contribution >= 0.6 is 23.2 Å². The van der Waals surface area contributed by atoms with Crippen LogP contribution in [-0.2, 0) is 9.53 Å². The molecule has 0 bridgehead atoms. The molecule has 0 aromatic heterocycles. The molecule has 4 nitrogen and oxygen atoms in total. The third kappa shape index (κ3) is 6.46. The van der Waals surface area contributed by atoms with E-state index in [4.69, 9.17) is 27.9 Å². The van der Waals surface area contributed by atoms with Crippen molar-refractivity contribution < 1.29 is 14.3 Å². The Bertz CT molecular complexity index is 440. The second-order valence-electron chi connectivity index (χ2n) is 4.41. The number of esters is 1. The summed E-state index contributed by atoms with van der Waals surface area (Å²) >= 11 is 11.8. The van der Waals surface area contributed by atoms with Gasteiger partial charge in [0.2, 0.25) is 0 Å². The molecule has 1 rings (SSSR count). The van der Waals surface area contributed by atoms with E-state index in [1.165, 1.54) is 7.11 Å². The maximum Gasteiger partial charge on any atom is 0.305 e. The van der Waals surface area contributed by atoms with Crippen LogP contribution in [0.25, 0.3) is 0 Å². The minimum Gasteiger partial charge on any atom is -0.491 e. The van der Waals surface area contributed by atoms with Crippen LogP contribution in [0.15, 0.2) is 18.2 Å². The van der Waals surface area contributed by atoms with Gasteiger partial charge in [0.25, 0.3) is 0 Å². The molecule has 0 spiro atoms. The molecular weight excluding hydrogens is 301 g/mol. The Morgan fingerprint density at radius 3 is 2.70 bits per heavy atom. The van der Waals surface area contributed by atoms with Gasteiger partial charge in [0.05, 0.1) is 12.1 Å². The number of nitrogens with zero attached hydrogens (tertiary/aromatic N) is 1. The van der Waals surface area contributed by atoms with Gasteiger partial charge in [-0.1, -0.05) is 23.2 Å². The predicted molar refractivity (Wildman–Crippen MR) is 80.7 cm³/mol. The molecule has 6 heteroatoms. The first-order valence-corrected chi connectivity index (χ1v) is 7.11. The van der Waals surface area contributed by atoms with Crippen LogP contribution in [0.2, 0.25) is 10.0 Å². The molecule has 0 saturated heterocycles. The molecular formula is C14H19Cl2NO3. The molecule has 0 aliphatic carbocycles. The standard InChI is InChI=1S/C14H19Cl2NO3/c1-17(7-3-4-14(18)19-2)8-9-20-13-6-5-11(15)10-12(13)16/h5-6,10H,3-4,7-9H2,1-2H3. The fraction of sp³-hybridized carbons (Fsp3) is 0.500. The van der Waals surface area contributed by atoms with Crippen molar-refractivity contribution in [3.63, 3.8) is 0 Å². The number of rotatable bonds is 8. The molecule has 1 aromatic rings. The Hall–Kier alpha value is -0.970.